The number of benzene rings is 1. The number of methoxy groups -OCH3 is 1. The molecular weight excluding hydrogens is 296 g/mol. The zero-order valence-corrected chi connectivity index (χ0v) is 13.2. The molecule has 0 spiro atoms. The Bertz CT molecular complexity index is 693. The number of anilines is 1. The second-order valence-electron chi connectivity index (χ2n) is 5.78. The summed E-state index contributed by atoms with van der Waals surface area (Å²) in [5.74, 6) is 0.652. The van der Waals surface area contributed by atoms with Gasteiger partial charge in [0.25, 0.3) is 0 Å². The molecule has 8 heteroatoms. The molecular formula is C15H20N6O2. The van der Waals surface area contributed by atoms with Crippen LogP contribution in [0.4, 0.5) is 5.69 Å². The Labute approximate surface area is 134 Å². The van der Waals surface area contributed by atoms with Gasteiger partial charge in [0, 0.05) is 19.3 Å². The molecule has 2 heterocycles. The number of hydrogen-bond acceptors (Lipinski definition) is 6. The van der Waals surface area contributed by atoms with Gasteiger partial charge in [-0.25, -0.2) is 0 Å². The molecule has 1 amide bonds. The summed E-state index contributed by atoms with van der Waals surface area (Å²) >= 11 is 0. The maximum absolute atomic E-state index is 12.7. The molecule has 1 aliphatic heterocycles. The van der Waals surface area contributed by atoms with E-state index in [9.17, 15) is 4.79 Å². The largest absolute Gasteiger partial charge is 0.384 e. The quantitative estimate of drug-likeness (QED) is 0.836. The smallest absolute Gasteiger partial charge is 0.234 e. The summed E-state index contributed by atoms with van der Waals surface area (Å²) in [4.78, 5) is 12.7. The number of nitrogens with zero attached hydrogens (tertiary/aromatic N) is 4. The molecule has 1 atom stereocenters. The number of amides is 1. The first-order valence-electron chi connectivity index (χ1n) is 7.51. The van der Waals surface area contributed by atoms with E-state index in [0.717, 1.165) is 18.7 Å². The lowest BCUT2D eigenvalue weighted by Gasteiger charge is -2.26. The van der Waals surface area contributed by atoms with Gasteiger partial charge in [0.05, 0.1) is 17.7 Å². The lowest BCUT2D eigenvalue weighted by atomic mass is 9.87. The van der Waals surface area contributed by atoms with Crippen LogP contribution in [0.15, 0.2) is 24.3 Å². The molecule has 0 bridgehead atoms. The standard InChI is InChI=1S/C15H20N6O2/c1-11-18-19-20-21(11)13-5-3-4-12(8-13)17-14(22)15(10-23-2)6-7-16-9-15/h3-5,8,16H,6-7,9-10H2,1-2H3,(H,17,22). The van der Waals surface area contributed by atoms with Gasteiger partial charge in [-0.3, -0.25) is 4.79 Å². The van der Waals surface area contributed by atoms with Gasteiger partial charge >= 0.3 is 0 Å². The predicted molar refractivity (Wildman–Crippen MR) is 84.3 cm³/mol. The Balaban J connectivity index is 1.80. The topological polar surface area (TPSA) is 94.0 Å². The zero-order chi connectivity index (χ0) is 16.3. The molecule has 1 saturated heterocycles. The van der Waals surface area contributed by atoms with Crippen LogP contribution in [0.1, 0.15) is 12.2 Å². The molecule has 2 N–H and O–H groups in total. The molecule has 2 aromatic rings. The minimum atomic E-state index is -0.518. The fourth-order valence-corrected chi connectivity index (χ4v) is 2.85. The molecule has 1 unspecified atom stereocenters. The first-order chi connectivity index (χ1) is 11.1. The summed E-state index contributed by atoms with van der Waals surface area (Å²) in [6.45, 7) is 3.67. The molecule has 122 valence electrons. The van der Waals surface area contributed by atoms with Gasteiger partial charge in [-0.1, -0.05) is 6.07 Å². The van der Waals surface area contributed by atoms with Gasteiger partial charge in [-0.05, 0) is 48.5 Å². The van der Waals surface area contributed by atoms with Crippen LogP contribution in [-0.2, 0) is 9.53 Å². The number of carbonyl (C=O) groups excluding carboxylic acids is 1. The highest BCUT2D eigenvalue weighted by atomic mass is 16.5. The van der Waals surface area contributed by atoms with E-state index >= 15 is 0 Å². The molecule has 8 nitrogen and oxygen atoms in total. The van der Waals surface area contributed by atoms with Crippen LogP contribution in [0.5, 0.6) is 0 Å². The van der Waals surface area contributed by atoms with Crippen LogP contribution in [0.25, 0.3) is 5.69 Å². The Hall–Kier alpha value is -2.32. The van der Waals surface area contributed by atoms with Crippen LogP contribution < -0.4 is 10.6 Å². The molecule has 23 heavy (non-hydrogen) atoms. The number of hydrogen-bond donors (Lipinski definition) is 2. The van der Waals surface area contributed by atoms with E-state index in [4.69, 9.17) is 4.74 Å². The molecule has 3 rings (SSSR count). The third-order valence-electron chi connectivity index (χ3n) is 4.12. The lowest BCUT2D eigenvalue weighted by molar-refractivity contribution is -0.127. The van der Waals surface area contributed by atoms with Crippen molar-refractivity contribution in [1.29, 1.82) is 0 Å². The lowest BCUT2D eigenvalue weighted by Crippen LogP contribution is -2.41. The molecule has 1 aliphatic rings. The maximum atomic E-state index is 12.7. The Morgan fingerprint density at radius 1 is 1.52 bits per heavy atom. The average Bonchev–Trinajstić information content (AvgIpc) is 3.18. The molecule has 0 saturated carbocycles. The number of aromatic nitrogens is 4. The first kappa shape index (κ1) is 15.6. The number of aryl methyl sites for hydroxylation is 1. The van der Waals surface area contributed by atoms with E-state index in [1.807, 2.05) is 31.2 Å². The Morgan fingerprint density at radius 3 is 3.04 bits per heavy atom. The zero-order valence-electron chi connectivity index (χ0n) is 13.2. The van der Waals surface area contributed by atoms with Crippen molar-refractivity contribution in [3.05, 3.63) is 30.1 Å². The second-order valence-corrected chi connectivity index (χ2v) is 5.78. The SMILES string of the molecule is COCC1(C(=O)Nc2cccc(-n3nnnc3C)c2)CCNC1. The van der Waals surface area contributed by atoms with Crippen molar-refractivity contribution < 1.29 is 9.53 Å². The van der Waals surface area contributed by atoms with Crippen molar-refractivity contribution in [2.75, 3.05) is 32.1 Å². The average molecular weight is 316 g/mol. The number of carbonyl (C=O) groups is 1. The summed E-state index contributed by atoms with van der Waals surface area (Å²) in [6.07, 6.45) is 0.762. The highest BCUT2D eigenvalue weighted by Crippen LogP contribution is 2.28. The molecule has 1 aromatic carbocycles. The van der Waals surface area contributed by atoms with Crippen LogP contribution in [0, 0.1) is 12.3 Å². The number of ether oxygens (including phenoxy) is 1. The van der Waals surface area contributed by atoms with Gasteiger partial charge < -0.3 is 15.4 Å². The summed E-state index contributed by atoms with van der Waals surface area (Å²) < 4.78 is 6.88. The Morgan fingerprint density at radius 2 is 2.39 bits per heavy atom. The first-order valence-corrected chi connectivity index (χ1v) is 7.51. The van der Waals surface area contributed by atoms with Gasteiger partial charge in [0.2, 0.25) is 5.91 Å². The van der Waals surface area contributed by atoms with E-state index in [1.165, 1.54) is 0 Å². The van der Waals surface area contributed by atoms with Crippen molar-refractivity contribution >= 4 is 11.6 Å². The van der Waals surface area contributed by atoms with Gasteiger partial charge in [0.15, 0.2) is 5.82 Å². The van der Waals surface area contributed by atoms with Crippen LogP contribution in [-0.4, -0.2) is 52.9 Å². The highest BCUT2D eigenvalue weighted by Gasteiger charge is 2.41. The van der Waals surface area contributed by atoms with Crippen molar-refractivity contribution in [2.24, 2.45) is 5.41 Å². The number of rotatable bonds is 5. The Kier molecular flexibility index (Phi) is 4.35. The van der Waals surface area contributed by atoms with E-state index in [0.29, 0.717) is 24.7 Å². The summed E-state index contributed by atoms with van der Waals surface area (Å²) in [5, 5.41) is 17.7. The van der Waals surface area contributed by atoms with E-state index < -0.39 is 5.41 Å². The maximum Gasteiger partial charge on any atom is 0.234 e. The molecule has 1 fully saturated rings. The van der Waals surface area contributed by atoms with Crippen molar-refractivity contribution in [3.63, 3.8) is 0 Å². The second kappa shape index (κ2) is 6.43. The highest BCUT2D eigenvalue weighted by molar-refractivity contribution is 5.96. The van der Waals surface area contributed by atoms with Gasteiger partial charge in [-0.2, -0.15) is 4.68 Å². The third-order valence-corrected chi connectivity index (χ3v) is 4.12. The van der Waals surface area contributed by atoms with Crippen molar-refractivity contribution in [2.45, 2.75) is 13.3 Å². The van der Waals surface area contributed by atoms with Gasteiger partial charge in [-0.15, -0.1) is 5.10 Å². The molecule has 0 aliphatic carbocycles. The van der Waals surface area contributed by atoms with Crippen LogP contribution >= 0.6 is 0 Å². The summed E-state index contributed by atoms with van der Waals surface area (Å²) in [6, 6.07) is 7.46. The van der Waals surface area contributed by atoms with Crippen LogP contribution in [0.3, 0.4) is 0 Å². The normalized spacial score (nSPS) is 20.6. The van der Waals surface area contributed by atoms with Crippen LogP contribution in [0.2, 0.25) is 0 Å². The van der Waals surface area contributed by atoms with Gasteiger partial charge in [0.1, 0.15) is 0 Å². The fraction of sp³-hybridized carbons (Fsp3) is 0.467. The number of tetrazole rings is 1. The van der Waals surface area contributed by atoms with E-state index in [2.05, 4.69) is 26.2 Å². The minimum absolute atomic E-state index is 0.0325. The third kappa shape index (κ3) is 3.08. The van der Waals surface area contributed by atoms with E-state index in [-0.39, 0.29) is 5.91 Å². The minimum Gasteiger partial charge on any atom is -0.384 e. The monoisotopic (exact) mass is 316 g/mol. The fourth-order valence-electron chi connectivity index (χ4n) is 2.85. The number of nitrogens with one attached hydrogen (secondary N) is 2. The summed E-state index contributed by atoms with van der Waals surface area (Å²) in [7, 11) is 1.62. The molecule has 1 aromatic heterocycles. The van der Waals surface area contributed by atoms with Crippen molar-refractivity contribution in [3.8, 4) is 5.69 Å². The summed E-state index contributed by atoms with van der Waals surface area (Å²) in [5.41, 5.74) is 0.996. The molecule has 0 radical (unpaired) electrons. The van der Waals surface area contributed by atoms with E-state index in [1.54, 1.807) is 11.8 Å². The predicted octanol–water partition coefficient (Wildman–Crippen LogP) is 0.535. The van der Waals surface area contributed by atoms with Crippen molar-refractivity contribution in [1.82, 2.24) is 25.5 Å².